The van der Waals surface area contributed by atoms with Gasteiger partial charge in [-0.25, -0.2) is 0 Å². The molecule has 2 rings (SSSR count). The van der Waals surface area contributed by atoms with Crippen LogP contribution in [0.2, 0.25) is 0 Å². The highest BCUT2D eigenvalue weighted by Gasteiger charge is 2.21. The first-order chi connectivity index (χ1) is 8.16. The molecule has 0 aliphatic heterocycles. The molecule has 0 fully saturated rings. The largest absolute Gasteiger partial charge is 0.393 e. The first-order valence-electron chi connectivity index (χ1n) is 6.68. The molecule has 2 nitrogen and oxygen atoms in total. The summed E-state index contributed by atoms with van der Waals surface area (Å²) in [6.07, 6.45) is 4.27. The first kappa shape index (κ1) is 12.6. The molecule has 17 heavy (non-hydrogen) atoms. The summed E-state index contributed by atoms with van der Waals surface area (Å²) in [5.41, 5.74) is 2.94. The quantitative estimate of drug-likeness (QED) is 0.838. The van der Waals surface area contributed by atoms with Crippen molar-refractivity contribution in [1.82, 2.24) is 5.32 Å². The van der Waals surface area contributed by atoms with Crippen molar-refractivity contribution in [3.05, 3.63) is 35.4 Å². The van der Waals surface area contributed by atoms with E-state index in [1.54, 1.807) is 0 Å². The van der Waals surface area contributed by atoms with Crippen LogP contribution in [0.3, 0.4) is 0 Å². The Morgan fingerprint density at radius 3 is 2.88 bits per heavy atom. The minimum absolute atomic E-state index is 0.226. The normalized spacial score (nSPS) is 22.9. The molecule has 1 aliphatic rings. The molecule has 0 saturated heterocycles. The van der Waals surface area contributed by atoms with Crippen molar-refractivity contribution in [3.8, 4) is 0 Å². The maximum absolute atomic E-state index is 9.41. The molecule has 94 valence electrons. The van der Waals surface area contributed by atoms with Gasteiger partial charge in [-0.05, 0) is 50.7 Å². The van der Waals surface area contributed by atoms with Gasteiger partial charge in [0, 0.05) is 12.1 Å². The lowest BCUT2D eigenvalue weighted by Gasteiger charge is -2.29. The molecule has 0 aromatic heterocycles. The van der Waals surface area contributed by atoms with Gasteiger partial charge in [0.05, 0.1) is 6.10 Å². The lowest BCUT2D eigenvalue weighted by Crippen LogP contribution is -2.34. The fourth-order valence-corrected chi connectivity index (χ4v) is 2.85. The molecule has 3 unspecified atom stereocenters. The third kappa shape index (κ3) is 3.30. The van der Waals surface area contributed by atoms with E-state index in [-0.39, 0.29) is 6.10 Å². The SMILES string of the molecule is CC(O)CC(C)NC1CCCc2ccccc21. The summed E-state index contributed by atoms with van der Waals surface area (Å²) < 4.78 is 0. The van der Waals surface area contributed by atoms with Crippen LogP contribution in [0, 0.1) is 0 Å². The average Bonchev–Trinajstić information content (AvgIpc) is 2.28. The summed E-state index contributed by atoms with van der Waals surface area (Å²) in [4.78, 5) is 0. The van der Waals surface area contributed by atoms with Crippen LogP contribution in [0.4, 0.5) is 0 Å². The molecule has 2 heteroatoms. The molecule has 0 saturated carbocycles. The Morgan fingerprint density at radius 1 is 1.35 bits per heavy atom. The number of rotatable bonds is 4. The van der Waals surface area contributed by atoms with E-state index in [0.717, 1.165) is 6.42 Å². The summed E-state index contributed by atoms with van der Waals surface area (Å²) in [6.45, 7) is 4.01. The van der Waals surface area contributed by atoms with E-state index in [2.05, 4.69) is 36.5 Å². The van der Waals surface area contributed by atoms with Crippen molar-refractivity contribution in [2.75, 3.05) is 0 Å². The predicted molar refractivity (Wildman–Crippen MR) is 71.0 cm³/mol. The third-order valence-corrected chi connectivity index (χ3v) is 3.55. The summed E-state index contributed by atoms with van der Waals surface area (Å²) >= 11 is 0. The van der Waals surface area contributed by atoms with Gasteiger partial charge in [0.2, 0.25) is 0 Å². The molecule has 1 aromatic carbocycles. The van der Waals surface area contributed by atoms with Crippen LogP contribution in [-0.2, 0) is 6.42 Å². The van der Waals surface area contributed by atoms with Crippen molar-refractivity contribution in [2.45, 2.75) is 57.7 Å². The van der Waals surface area contributed by atoms with Gasteiger partial charge in [-0.1, -0.05) is 24.3 Å². The number of benzene rings is 1. The lowest BCUT2D eigenvalue weighted by atomic mass is 9.87. The smallest absolute Gasteiger partial charge is 0.0526 e. The number of aliphatic hydroxyl groups excluding tert-OH is 1. The van der Waals surface area contributed by atoms with Gasteiger partial charge in [0.15, 0.2) is 0 Å². The second-order valence-corrected chi connectivity index (χ2v) is 5.30. The van der Waals surface area contributed by atoms with Crippen LogP contribution in [0.5, 0.6) is 0 Å². The summed E-state index contributed by atoms with van der Waals surface area (Å²) in [6, 6.07) is 9.56. The van der Waals surface area contributed by atoms with E-state index in [4.69, 9.17) is 0 Å². The Balaban J connectivity index is 2.03. The van der Waals surface area contributed by atoms with E-state index in [1.807, 2.05) is 6.92 Å². The van der Waals surface area contributed by atoms with Gasteiger partial charge in [0.1, 0.15) is 0 Å². The number of aryl methyl sites for hydroxylation is 1. The van der Waals surface area contributed by atoms with Crippen molar-refractivity contribution < 1.29 is 5.11 Å². The van der Waals surface area contributed by atoms with E-state index in [1.165, 1.54) is 30.4 Å². The number of aliphatic hydroxyl groups is 1. The third-order valence-electron chi connectivity index (χ3n) is 3.55. The zero-order valence-corrected chi connectivity index (χ0v) is 10.8. The molecule has 0 spiro atoms. The van der Waals surface area contributed by atoms with Gasteiger partial charge < -0.3 is 10.4 Å². The Labute approximate surface area is 104 Å². The second kappa shape index (κ2) is 5.65. The number of hydrogen-bond acceptors (Lipinski definition) is 2. The molecule has 0 amide bonds. The minimum Gasteiger partial charge on any atom is -0.393 e. The molecule has 0 radical (unpaired) electrons. The van der Waals surface area contributed by atoms with E-state index in [9.17, 15) is 5.11 Å². The van der Waals surface area contributed by atoms with Crippen molar-refractivity contribution in [1.29, 1.82) is 0 Å². The topological polar surface area (TPSA) is 32.3 Å². The maximum Gasteiger partial charge on any atom is 0.0526 e. The fraction of sp³-hybridized carbons (Fsp3) is 0.600. The van der Waals surface area contributed by atoms with Crippen molar-refractivity contribution in [2.24, 2.45) is 0 Å². The highest BCUT2D eigenvalue weighted by Crippen LogP contribution is 2.29. The fourth-order valence-electron chi connectivity index (χ4n) is 2.85. The molecule has 1 aromatic rings. The van der Waals surface area contributed by atoms with E-state index in [0.29, 0.717) is 12.1 Å². The lowest BCUT2D eigenvalue weighted by molar-refractivity contribution is 0.167. The summed E-state index contributed by atoms with van der Waals surface area (Å²) in [5.74, 6) is 0. The zero-order valence-electron chi connectivity index (χ0n) is 10.8. The highest BCUT2D eigenvalue weighted by atomic mass is 16.3. The minimum atomic E-state index is -0.226. The Morgan fingerprint density at radius 2 is 2.12 bits per heavy atom. The monoisotopic (exact) mass is 233 g/mol. The first-order valence-corrected chi connectivity index (χ1v) is 6.68. The Kier molecular flexibility index (Phi) is 4.19. The number of nitrogens with one attached hydrogen (secondary N) is 1. The molecular weight excluding hydrogens is 210 g/mol. The van der Waals surface area contributed by atoms with Crippen molar-refractivity contribution in [3.63, 3.8) is 0 Å². The van der Waals surface area contributed by atoms with Crippen LogP contribution >= 0.6 is 0 Å². The van der Waals surface area contributed by atoms with Crippen LogP contribution in [-0.4, -0.2) is 17.3 Å². The van der Waals surface area contributed by atoms with Gasteiger partial charge >= 0.3 is 0 Å². The molecule has 2 N–H and O–H groups in total. The molecular formula is C15H23NO. The zero-order chi connectivity index (χ0) is 12.3. The van der Waals surface area contributed by atoms with Gasteiger partial charge in [-0.15, -0.1) is 0 Å². The number of fused-ring (bicyclic) bond motifs is 1. The van der Waals surface area contributed by atoms with Crippen LogP contribution in [0.25, 0.3) is 0 Å². The summed E-state index contributed by atoms with van der Waals surface area (Å²) in [7, 11) is 0. The maximum atomic E-state index is 9.41. The van der Waals surface area contributed by atoms with Gasteiger partial charge in [0.25, 0.3) is 0 Å². The predicted octanol–water partition coefficient (Wildman–Crippen LogP) is 2.81. The van der Waals surface area contributed by atoms with E-state index < -0.39 is 0 Å². The Hall–Kier alpha value is -0.860. The van der Waals surface area contributed by atoms with Crippen LogP contribution in [0.15, 0.2) is 24.3 Å². The molecule has 0 heterocycles. The van der Waals surface area contributed by atoms with E-state index >= 15 is 0 Å². The molecule has 1 aliphatic carbocycles. The standard InChI is InChI=1S/C15H23NO/c1-11(10-12(2)17)16-15-9-5-7-13-6-3-4-8-14(13)15/h3-4,6,8,11-12,15-17H,5,7,9-10H2,1-2H3. The highest BCUT2D eigenvalue weighted by molar-refractivity contribution is 5.32. The second-order valence-electron chi connectivity index (χ2n) is 5.30. The molecule has 3 atom stereocenters. The van der Waals surface area contributed by atoms with Crippen LogP contribution in [0.1, 0.15) is 50.3 Å². The van der Waals surface area contributed by atoms with Crippen LogP contribution < -0.4 is 5.32 Å². The Bertz CT molecular complexity index is 362. The molecule has 0 bridgehead atoms. The van der Waals surface area contributed by atoms with Gasteiger partial charge in [-0.2, -0.15) is 0 Å². The van der Waals surface area contributed by atoms with Gasteiger partial charge in [-0.3, -0.25) is 0 Å². The van der Waals surface area contributed by atoms with Crippen molar-refractivity contribution >= 4 is 0 Å². The average molecular weight is 233 g/mol. The number of hydrogen-bond donors (Lipinski definition) is 2. The summed E-state index contributed by atoms with van der Waals surface area (Å²) in [5, 5.41) is 13.1.